The van der Waals surface area contributed by atoms with E-state index in [2.05, 4.69) is 9.97 Å². The average Bonchev–Trinajstić information content (AvgIpc) is 3.71. The Morgan fingerprint density at radius 1 is 1.02 bits per heavy atom. The number of methoxy groups -OCH3 is 1. The Morgan fingerprint density at radius 3 is 2.29 bits per heavy atom. The summed E-state index contributed by atoms with van der Waals surface area (Å²) in [6, 6.07) is 14.1. The maximum atomic E-state index is 14.0. The molecule has 1 unspecified atom stereocenters. The number of hydrogen-bond donors (Lipinski definition) is 1. The molecule has 0 aliphatic carbocycles. The molecule has 232 valence electrons. The van der Waals surface area contributed by atoms with Crippen molar-refractivity contribution >= 4 is 23.1 Å². The van der Waals surface area contributed by atoms with Crippen LogP contribution in [0.15, 0.2) is 71.8 Å². The van der Waals surface area contributed by atoms with Crippen molar-refractivity contribution < 1.29 is 32.6 Å². The Balaban J connectivity index is 1.35. The smallest absolute Gasteiger partial charge is 0.417 e. The summed E-state index contributed by atoms with van der Waals surface area (Å²) in [4.78, 5) is 47.5. The summed E-state index contributed by atoms with van der Waals surface area (Å²) in [5, 5.41) is 9.33. The van der Waals surface area contributed by atoms with Gasteiger partial charge in [-0.15, -0.1) is 0 Å². The van der Waals surface area contributed by atoms with Crippen LogP contribution in [0.5, 0.6) is 0 Å². The van der Waals surface area contributed by atoms with Crippen molar-refractivity contribution in [2.45, 2.75) is 25.2 Å². The van der Waals surface area contributed by atoms with Crippen LogP contribution in [-0.2, 0) is 24.5 Å². The quantitative estimate of drug-likeness (QED) is 0.263. The lowest BCUT2D eigenvalue weighted by molar-refractivity contribution is -0.137. The molecule has 0 amide bonds. The van der Waals surface area contributed by atoms with E-state index in [1.54, 1.807) is 55.6 Å². The second-order valence-corrected chi connectivity index (χ2v) is 10.8. The Morgan fingerprint density at radius 2 is 1.69 bits per heavy atom. The van der Waals surface area contributed by atoms with Gasteiger partial charge in [0.1, 0.15) is 11.5 Å². The number of ether oxygens (including phenoxy) is 1. The molecule has 1 aliphatic rings. The number of nitrogens with zero attached hydrogens (tertiary/aromatic N) is 6. The lowest BCUT2D eigenvalue weighted by Crippen LogP contribution is -2.29. The average molecular weight is 621 g/mol. The normalized spacial score (nSPS) is 15.5. The summed E-state index contributed by atoms with van der Waals surface area (Å²) in [5.74, 6) is -1.02. The van der Waals surface area contributed by atoms with E-state index >= 15 is 0 Å². The van der Waals surface area contributed by atoms with E-state index in [0.717, 1.165) is 23.4 Å². The molecule has 0 spiro atoms. The summed E-state index contributed by atoms with van der Waals surface area (Å²) in [6.07, 6.45) is -2.12. The first kappa shape index (κ1) is 29.8. The van der Waals surface area contributed by atoms with Crippen molar-refractivity contribution in [2.24, 2.45) is 7.05 Å². The van der Waals surface area contributed by atoms with Crippen LogP contribution in [0.4, 0.5) is 13.2 Å². The molecular weight excluding hydrogens is 593 g/mol. The number of rotatable bonds is 7. The summed E-state index contributed by atoms with van der Waals surface area (Å²) in [7, 11) is 2.91. The van der Waals surface area contributed by atoms with E-state index in [1.807, 2.05) is 4.90 Å². The van der Waals surface area contributed by atoms with Gasteiger partial charge in [0.25, 0.3) is 0 Å². The van der Waals surface area contributed by atoms with Crippen molar-refractivity contribution in [1.29, 1.82) is 0 Å². The molecule has 3 aromatic heterocycles. The molecule has 6 rings (SSSR count). The van der Waals surface area contributed by atoms with Crippen molar-refractivity contribution in [3.8, 4) is 16.8 Å². The van der Waals surface area contributed by atoms with Gasteiger partial charge in [-0.3, -0.25) is 14.0 Å². The second kappa shape index (κ2) is 11.4. The van der Waals surface area contributed by atoms with Gasteiger partial charge >= 0.3 is 23.8 Å². The van der Waals surface area contributed by atoms with Crippen LogP contribution in [0.1, 0.15) is 44.7 Å². The highest BCUT2D eigenvalue weighted by Gasteiger charge is 2.34. The highest BCUT2D eigenvalue weighted by Crippen LogP contribution is 2.33. The van der Waals surface area contributed by atoms with Gasteiger partial charge < -0.3 is 14.4 Å². The van der Waals surface area contributed by atoms with E-state index in [0.29, 0.717) is 43.1 Å². The number of hydrogen-bond acceptors (Lipinski definition) is 7. The maximum absolute atomic E-state index is 14.0. The number of carboxylic acid groups (broad SMARTS) is 1. The minimum Gasteiger partial charge on any atom is -0.477 e. The molecule has 1 fully saturated rings. The van der Waals surface area contributed by atoms with Gasteiger partial charge in [0.2, 0.25) is 0 Å². The monoisotopic (exact) mass is 620 g/mol. The third kappa shape index (κ3) is 5.48. The molecule has 5 aromatic rings. The molecule has 0 saturated carbocycles. The number of esters is 1. The number of likely N-dealkylation sites (tertiary alicyclic amines) is 1. The van der Waals surface area contributed by atoms with E-state index in [4.69, 9.17) is 4.74 Å². The van der Waals surface area contributed by atoms with E-state index in [-0.39, 0.29) is 16.9 Å². The number of fused-ring (bicyclic) bond motifs is 1. The van der Waals surface area contributed by atoms with Crippen LogP contribution in [0.3, 0.4) is 0 Å². The minimum absolute atomic E-state index is 0.0265. The maximum Gasteiger partial charge on any atom is 0.417 e. The van der Waals surface area contributed by atoms with E-state index in [9.17, 15) is 32.7 Å². The number of aromatic nitrogens is 5. The summed E-state index contributed by atoms with van der Waals surface area (Å²) in [6.45, 7) is 1.28. The molecule has 0 bridgehead atoms. The third-order valence-corrected chi connectivity index (χ3v) is 8.09. The SMILES string of the molecule is COC(=O)c1ccc(-c2ccc(-n3c(=O)n(C4CCN(Cc5ncc(C(=O)O)n5C)C4)c4ncc(C(F)(F)F)cc43)cc2)cc1. The fraction of sp³-hybridized carbons (Fsp3) is 0.258. The van der Waals surface area contributed by atoms with Gasteiger partial charge in [0.05, 0.1) is 48.2 Å². The largest absolute Gasteiger partial charge is 0.477 e. The number of imidazole rings is 2. The van der Waals surface area contributed by atoms with Crippen molar-refractivity contribution in [2.75, 3.05) is 20.2 Å². The predicted molar refractivity (Wildman–Crippen MR) is 156 cm³/mol. The van der Waals surface area contributed by atoms with Crippen molar-refractivity contribution in [3.63, 3.8) is 0 Å². The number of halogens is 3. The molecule has 1 saturated heterocycles. The van der Waals surface area contributed by atoms with E-state index < -0.39 is 35.4 Å². The van der Waals surface area contributed by atoms with Gasteiger partial charge in [-0.25, -0.2) is 24.4 Å². The van der Waals surface area contributed by atoms with Gasteiger partial charge in [0, 0.05) is 26.3 Å². The molecule has 14 heteroatoms. The zero-order valence-corrected chi connectivity index (χ0v) is 24.2. The van der Waals surface area contributed by atoms with Crippen molar-refractivity contribution in [3.05, 3.63) is 100 Å². The van der Waals surface area contributed by atoms with Crippen LogP contribution in [0.2, 0.25) is 0 Å². The van der Waals surface area contributed by atoms with Gasteiger partial charge in [-0.05, 0) is 47.9 Å². The van der Waals surface area contributed by atoms with Gasteiger partial charge in [-0.1, -0.05) is 24.3 Å². The summed E-state index contributed by atoms with van der Waals surface area (Å²) >= 11 is 0. The fourth-order valence-electron chi connectivity index (χ4n) is 5.71. The summed E-state index contributed by atoms with van der Waals surface area (Å²) < 4.78 is 50.1. The lowest BCUT2D eigenvalue weighted by atomic mass is 10.0. The number of carbonyl (C=O) groups excluding carboxylic acids is 1. The molecule has 11 nitrogen and oxygen atoms in total. The summed E-state index contributed by atoms with van der Waals surface area (Å²) in [5.41, 5.74) is 1.03. The molecule has 45 heavy (non-hydrogen) atoms. The molecule has 0 radical (unpaired) electrons. The number of carbonyl (C=O) groups is 2. The fourth-order valence-corrected chi connectivity index (χ4v) is 5.71. The Bertz CT molecular complexity index is 1980. The molecular formula is C31H27F3N6O5. The third-order valence-electron chi connectivity index (χ3n) is 8.09. The molecule has 2 aromatic carbocycles. The van der Waals surface area contributed by atoms with Crippen LogP contribution >= 0.6 is 0 Å². The van der Waals surface area contributed by atoms with Crippen LogP contribution in [-0.4, -0.2) is 65.8 Å². The second-order valence-electron chi connectivity index (χ2n) is 10.8. The number of benzene rings is 2. The number of carboxylic acids is 1. The first-order chi connectivity index (χ1) is 21.5. The lowest BCUT2D eigenvalue weighted by Gasteiger charge is -2.16. The zero-order valence-electron chi connectivity index (χ0n) is 24.2. The number of pyridine rings is 1. The highest BCUT2D eigenvalue weighted by molar-refractivity contribution is 5.90. The zero-order chi connectivity index (χ0) is 32.0. The highest BCUT2D eigenvalue weighted by atomic mass is 19.4. The van der Waals surface area contributed by atoms with Crippen LogP contribution in [0.25, 0.3) is 28.0 Å². The molecule has 1 atom stereocenters. The van der Waals surface area contributed by atoms with Crippen molar-refractivity contribution in [1.82, 2.24) is 28.6 Å². The van der Waals surface area contributed by atoms with Gasteiger partial charge in [0.15, 0.2) is 5.65 Å². The standard InChI is InChI=1S/C31H27F3N6O5/c1-37-25(28(41)42)15-35-26(37)17-38-12-11-23(16-38)40-27-24(13-21(14-36-27)31(32,33)34)39(30(40)44)22-9-7-19(8-10-22)18-3-5-20(6-4-18)29(43)45-2/h3-10,13-15,23H,11-12,16-17H2,1-2H3,(H,41,42). The first-order valence-electron chi connectivity index (χ1n) is 13.9. The Kier molecular flexibility index (Phi) is 7.52. The predicted octanol–water partition coefficient (Wildman–Crippen LogP) is 4.54. The van der Waals surface area contributed by atoms with Crippen LogP contribution < -0.4 is 5.69 Å². The molecule has 4 heterocycles. The molecule has 1 aliphatic heterocycles. The molecule has 1 N–H and O–H groups in total. The van der Waals surface area contributed by atoms with Gasteiger partial charge in [-0.2, -0.15) is 13.2 Å². The van der Waals surface area contributed by atoms with Crippen LogP contribution in [0, 0.1) is 0 Å². The van der Waals surface area contributed by atoms with E-state index in [1.165, 1.54) is 27.0 Å². The first-order valence-corrected chi connectivity index (χ1v) is 13.9. The minimum atomic E-state index is -4.66. The Hall–Kier alpha value is -5.24. The number of aromatic carboxylic acids is 1. The Labute approximate surface area is 253 Å². The topological polar surface area (TPSA) is 124 Å². The number of alkyl halides is 3.